The lowest BCUT2D eigenvalue weighted by molar-refractivity contribution is -0.137. The van der Waals surface area contributed by atoms with Crippen LogP contribution < -0.4 is 0 Å². The van der Waals surface area contributed by atoms with E-state index in [-0.39, 0.29) is 6.42 Å². The summed E-state index contributed by atoms with van der Waals surface area (Å²) in [5.41, 5.74) is 4.24. The summed E-state index contributed by atoms with van der Waals surface area (Å²) in [6, 6.07) is 6.18. The number of nitrogens with one attached hydrogen (secondary N) is 1. The SMILES string of the molecule is Cc1ccc(-c2nc(CCC(=O)O)[nH]c2Br)c(C)c1. The Hall–Kier alpha value is -1.62. The largest absolute Gasteiger partial charge is 0.481 e. The Bertz CT molecular complexity index is 620. The Morgan fingerprint density at radius 1 is 1.42 bits per heavy atom. The van der Waals surface area contributed by atoms with Gasteiger partial charge < -0.3 is 10.1 Å². The number of hydrogen-bond acceptors (Lipinski definition) is 2. The maximum Gasteiger partial charge on any atom is 0.303 e. The van der Waals surface area contributed by atoms with Crippen LogP contribution in [0.2, 0.25) is 0 Å². The standard InChI is InChI=1S/C14H15BrN2O2/c1-8-3-4-10(9(2)7-8)13-14(15)17-11(16-13)5-6-12(18)19/h3-4,7H,5-6H2,1-2H3,(H,16,17)(H,18,19). The predicted octanol–water partition coefficient (Wildman–Crippen LogP) is 3.47. The second-order valence-corrected chi connectivity index (χ2v) is 5.35. The molecule has 0 spiro atoms. The van der Waals surface area contributed by atoms with Crippen LogP contribution in [0.5, 0.6) is 0 Å². The molecule has 19 heavy (non-hydrogen) atoms. The zero-order valence-electron chi connectivity index (χ0n) is 10.8. The van der Waals surface area contributed by atoms with Gasteiger partial charge in [0, 0.05) is 12.0 Å². The molecule has 0 bridgehead atoms. The summed E-state index contributed by atoms with van der Waals surface area (Å²) in [5, 5.41) is 8.69. The molecule has 0 aliphatic rings. The summed E-state index contributed by atoms with van der Waals surface area (Å²) < 4.78 is 0.792. The average Bonchev–Trinajstić information content (AvgIpc) is 2.68. The number of nitrogens with zero attached hydrogens (tertiary/aromatic N) is 1. The van der Waals surface area contributed by atoms with Gasteiger partial charge in [0.2, 0.25) is 0 Å². The number of H-pyrrole nitrogens is 1. The van der Waals surface area contributed by atoms with Crippen molar-refractivity contribution in [2.75, 3.05) is 0 Å². The lowest BCUT2D eigenvalue weighted by atomic mass is 10.0. The molecule has 5 heteroatoms. The molecule has 100 valence electrons. The number of aromatic amines is 1. The number of carbonyl (C=O) groups is 1. The second-order valence-electron chi connectivity index (χ2n) is 4.56. The van der Waals surface area contributed by atoms with Crippen LogP contribution in [0.3, 0.4) is 0 Å². The van der Waals surface area contributed by atoms with Crippen LogP contribution in [0.15, 0.2) is 22.8 Å². The summed E-state index contributed by atoms with van der Waals surface area (Å²) >= 11 is 3.45. The maximum absolute atomic E-state index is 10.6. The maximum atomic E-state index is 10.6. The first-order valence-electron chi connectivity index (χ1n) is 6.01. The molecule has 1 heterocycles. The molecular formula is C14H15BrN2O2. The van der Waals surface area contributed by atoms with Crippen molar-refractivity contribution in [1.29, 1.82) is 0 Å². The molecule has 4 nitrogen and oxygen atoms in total. The molecule has 0 unspecified atom stereocenters. The van der Waals surface area contributed by atoms with Gasteiger partial charge in [-0.3, -0.25) is 4.79 Å². The molecule has 0 saturated heterocycles. The summed E-state index contributed by atoms with van der Waals surface area (Å²) in [5.74, 6) is -0.134. The van der Waals surface area contributed by atoms with E-state index >= 15 is 0 Å². The first-order chi connectivity index (χ1) is 8.97. The third-order valence-electron chi connectivity index (χ3n) is 2.92. The zero-order chi connectivity index (χ0) is 14.0. The van der Waals surface area contributed by atoms with E-state index in [1.54, 1.807) is 0 Å². The zero-order valence-corrected chi connectivity index (χ0v) is 12.4. The summed E-state index contributed by atoms with van der Waals surface area (Å²) in [4.78, 5) is 18.1. The number of benzene rings is 1. The van der Waals surface area contributed by atoms with Crippen molar-refractivity contribution in [3.8, 4) is 11.3 Å². The normalized spacial score (nSPS) is 10.7. The van der Waals surface area contributed by atoms with Crippen molar-refractivity contribution in [2.45, 2.75) is 26.7 Å². The number of carboxylic acids is 1. The van der Waals surface area contributed by atoms with Crippen LogP contribution in [-0.2, 0) is 11.2 Å². The molecule has 1 aromatic carbocycles. The van der Waals surface area contributed by atoms with E-state index in [1.165, 1.54) is 5.56 Å². The van der Waals surface area contributed by atoms with Crippen molar-refractivity contribution in [1.82, 2.24) is 9.97 Å². The van der Waals surface area contributed by atoms with Gasteiger partial charge in [0.05, 0.1) is 6.42 Å². The van der Waals surface area contributed by atoms with Crippen LogP contribution in [0.25, 0.3) is 11.3 Å². The average molecular weight is 323 g/mol. The Kier molecular flexibility index (Phi) is 4.04. The Morgan fingerprint density at radius 3 is 2.79 bits per heavy atom. The van der Waals surface area contributed by atoms with E-state index in [2.05, 4.69) is 38.9 Å². The van der Waals surface area contributed by atoms with Gasteiger partial charge in [0.25, 0.3) is 0 Å². The number of imidazole rings is 1. The number of halogens is 1. The molecule has 0 atom stereocenters. The van der Waals surface area contributed by atoms with Crippen molar-refractivity contribution < 1.29 is 9.90 Å². The molecule has 0 fully saturated rings. The number of hydrogen-bond donors (Lipinski definition) is 2. The molecule has 0 saturated carbocycles. The topological polar surface area (TPSA) is 66.0 Å². The van der Waals surface area contributed by atoms with E-state index < -0.39 is 5.97 Å². The minimum Gasteiger partial charge on any atom is -0.481 e. The van der Waals surface area contributed by atoms with E-state index in [0.29, 0.717) is 12.2 Å². The minimum atomic E-state index is -0.819. The van der Waals surface area contributed by atoms with Gasteiger partial charge in [0.15, 0.2) is 0 Å². The third kappa shape index (κ3) is 3.23. The van der Waals surface area contributed by atoms with E-state index in [9.17, 15) is 4.79 Å². The summed E-state index contributed by atoms with van der Waals surface area (Å²) in [6.07, 6.45) is 0.477. The van der Waals surface area contributed by atoms with Gasteiger partial charge in [-0.05, 0) is 35.3 Å². The Morgan fingerprint density at radius 2 is 2.16 bits per heavy atom. The lowest BCUT2D eigenvalue weighted by Gasteiger charge is -2.04. The molecular weight excluding hydrogens is 308 g/mol. The first-order valence-corrected chi connectivity index (χ1v) is 6.80. The number of aliphatic carboxylic acids is 1. The van der Waals surface area contributed by atoms with Gasteiger partial charge in [0.1, 0.15) is 16.1 Å². The highest BCUT2D eigenvalue weighted by Gasteiger charge is 2.13. The highest BCUT2D eigenvalue weighted by Crippen LogP contribution is 2.29. The van der Waals surface area contributed by atoms with Gasteiger partial charge in [-0.2, -0.15) is 0 Å². The molecule has 1 aromatic heterocycles. The second kappa shape index (κ2) is 5.57. The highest BCUT2D eigenvalue weighted by molar-refractivity contribution is 9.10. The van der Waals surface area contributed by atoms with Crippen LogP contribution in [0.4, 0.5) is 0 Å². The van der Waals surface area contributed by atoms with E-state index in [1.807, 2.05) is 19.1 Å². The number of aromatic nitrogens is 2. The number of aryl methyl sites for hydroxylation is 3. The fourth-order valence-corrected chi connectivity index (χ4v) is 2.53. The van der Waals surface area contributed by atoms with Gasteiger partial charge in [-0.15, -0.1) is 0 Å². The summed E-state index contributed by atoms with van der Waals surface area (Å²) in [6.45, 7) is 4.09. The van der Waals surface area contributed by atoms with Crippen molar-refractivity contribution >= 4 is 21.9 Å². The quantitative estimate of drug-likeness (QED) is 0.905. The van der Waals surface area contributed by atoms with Crippen LogP contribution in [0.1, 0.15) is 23.4 Å². The van der Waals surface area contributed by atoms with Crippen LogP contribution in [0, 0.1) is 13.8 Å². The van der Waals surface area contributed by atoms with Crippen molar-refractivity contribution in [2.24, 2.45) is 0 Å². The van der Waals surface area contributed by atoms with Gasteiger partial charge in [-0.1, -0.05) is 23.8 Å². The molecule has 0 amide bonds. The minimum absolute atomic E-state index is 0.0757. The van der Waals surface area contributed by atoms with E-state index in [4.69, 9.17) is 5.11 Å². The molecule has 2 aromatic rings. The smallest absolute Gasteiger partial charge is 0.303 e. The monoisotopic (exact) mass is 322 g/mol. The fraction of sp³-hybridized carbons (Fsp3) is 0.286. The lowest BCUT2D eigenvalue weighted by Crippen LogP contribution is -1.98. The molecule has 2 rings (SSSR count). The van der Waals surface area contributed by atoms with Crippen LogP contribution >= 0.6 is 15.9 Å². The first kappa shape index (κ1) is 13.8. The van der Waals surface area contributed by atoms with E-state index in [0.717, 1.165) is 21.4 Å². The molecule has 0 aliphatic carbocycles. The highest BCUT2D eigenvalue weighted by atomic mass is 79.9. The Labute approximate surface area is 120 Å². The Balaban J connectivity index is 2.32. The predicted molar refractivity (Wildman–Crippen MR) is 77.2 cm³/mol. The van der Waals surface area contributed by atoms with Crippen molar-refractivity contribution in [3.63, 3.8) is 0 Å². The summed E-state index contributed by atoms with van der Waals surface area (Å²) in [7, 11) is 0. The molecule has 0 radical (unpaired) electrons. The number of carboxylic acid groups (broad SMARTS) is 1. The molecule has 0 aliphatic heterocycles. The number of rotatable bonds is 4. The van der Waals surface area contributed by atoms with Gasteiger partial charge in [-0.25, -0.2) is 4.98 Å². The third-order valence-corrected chi connectivity index (χ3v) is 3.50. The van der Waals surface area contributed by atoms with Gasteiger partial charge >= 0.3 is 5.97 Å². The van der Waals surface area contributed by atoms with Crippen molar-refractivity contribution in [3.05, 3.63) is 39.8 Å². The van der Waals surface area contributed by atoms with Crippen LogP contribution in [-0.4, -0.2) is 21.0 Å². The fourth-order valence-electron chi connectivity index (χ4n) is 2.00. The molecule has 2 N–H and O–H groups in total.